The van der Waals surface area contributed by atoms with Crippen molar-refractivity contribution in [2.45, 2.75) is 37.0 Å². The van der Waals surface area contributed by atoms with Gasteiger partial charge in [-0.2, -0.15) is 0 Å². The number of hydrogen-bond donors (Lipinski definition) is 2. The van der Waals surface area contributed by atoms with Crippen LogP contribution >= 0.6 is 0 Å². The predicted molar refractivity (Wildman–Crippen MR) is 52.4 cm³/mol. The molecule has 5 heteroatoms. The van der Waals surface area contributed by atoms with Gasteiger partial charge in [0.25, 0.3) is 0 Å². The van der Waals surface area contributed by atoms with Crippen molar-refractivity contribution >= 4 is 6.03 Å². The maximum atomic E-state index is 11.1. The van der Waals surface area contributed by atoms with E-state index in [9.17, 15) is 4.79 Å². The number of urea groups is 1. The highest BCUT2D eigenvalue weighted by Gasteiger charge is 2.48. The molecule has 2 spiro atoms. The zero-order valence-electron chi connectivity index (χ0n) is 8.67. The van der Waals surface area contributed by atoms with Gasteiger partial charge < -0.3 is 20.1 Å². The lowest BCUT2D eigenvalue weighted by atomic mass is 9.79. The summed E-state index contributed by atoms with van der Waals surface area (Å²) in [6.45, 7) is 2.15. The van der Waals surface area contributed by atoms with Gasteiger partial charge in [0.15, 0.2) is 5.79 Å². The summed E-state index contributed by atoms with van der Waals surface area (Å²) in [5, 5.41) is 5.84. The number of carbonyl (C=O) groups is 1. The van der Waals surface area contributed by atoms with Crippen molar-refractivity contribution in [2.24, 2.45) is 0 Å². The van der Waals surface area contributed by atoms with Crippen LogP contribution in [0.1, 0.15) is 25.7 Å². The first-order chi connectivity index (χ1) is 7.22. The van der Waals surface area contributed by atoms with E-state index in [-0.39, 0.29) is 17.4 Å². The molecular formula is C10H16N2O3. The Morgan fingerprint density at radius 3 is 2.27 bits per heavy atom. The molecule has 0 aromatic carbocycles. The van der Waals surface area contributed by atoms with E-state index in [4.69, 9.17) is 9.47 Å². The quantitative estimate of drug-likeness (QED) is 0.609. The molecule has 0 bridgehead atoms. The van der Waals surface area contributed by atoms with E-state index in [0.717, 1.165) is 32.2 Å². The summed E-state index contributed by atoms with van der Waals surface area (Å²) in [5.41, 5.74) is -0.0440. The summed E-state index contributed by atoms with van der Waals surface area (Å²) in [6.07, 6.45) is 3.64. The lowest BCUT2D eigenvalue weighted by Crippen LogP contribution is -2.51. The maximum Gasteiger partial charge on any atom is 0.315 e. The molecule has 3 rings (SSSR count). The van der Waals surface area contributed by atoms with E-state index in [1.807, 2.05) is 0 Å². The van der Waals surface area contributed by atoms with Gasteiger partial charge in [0.2, 0.25) is 0 Å². The molecule has 0 atom stereocenters. The van der Waals surface area contributed by atoms with Crippen molar-refractivity contribution in [3.8, 4) is 0 Å². The topological polar surface area (TPSA) is 59.6 Å². The fourth-order valence-corrected chi connectivity index (χ4v) is 2.78. The third-order valence-corrected chi connectivity index (χ3v) is 3.75. The van der Waals surface area contributed by atoms with Gasteiger partial charge in [-0.3, -0.25) is 0 Å². The summed E-state index contributed by atoms with van der Waals surface area (Å²) < 4.78 is 11.3. The molecule has 5 nitrogen and oxygen atoms in total. The van der Waals surface area contributed by atoms with Crippen LogP contribution in [0.4, 0.5) is 4.79 Å². The van der Waals surface area contributed by atoms with Crippen LogP contribution < -0.4 is 10.6 Å². The number of nitrogens with one attached hydrogen (secondary N) is 2. The average molecular weight is 212 g/mol. The first-order valence-corrected chi connectivity index (χ1v) is 5.56. The van der Waals surface area contributed by atoms with Crippen LogP contribution in [0.15, 0.2) is 0 Å². The molecule has 15 heavy (non-hydrogen) atoms. The number of hydrogen-bond acceptors (Lipinski definition) is 3. The zero-order valence-corrected chi connectivity index (χ0v) is 8.67. The van der Waals surface area contributed by atoms with Gasteiger partial charge in [0, 0.05) is 19.4 Å². The Morgan fingerprint density at radius 2 is 1.73 bits per heavy atom. The third-order valence-electron chi connectivity index (χ3n) is 3.75. The molecule has 1 saturated carbocycles. The van der Waals surface area contributed by atoms with Gasteiger partial charge in [-0.05, 0) is 12.8 Å². The molecular weight excluding hydrogens is 196 g/mol. The third kappa shape index (κ3) is 1.50. The van der Waals surface area contributed by atoms with Crippen molar-refractivity contribution in [2.75, 3.05) is 19.8 Å². The molecule has 2 amide bonds. The second-order valence-corrected chi connectivity index (χ2v) is 4.70. The highest BCUT2D eigenvalue weighted by atomic mass is 16.7. The summed E-state index contributed by atoms with van der Waals surface area (Å²) in [6, 6.07) is -0.0424. The van der Waals surface area contributed by atoms with Crippen molar-refractivity contribution < 1.29 is 14.3 Å². The van der Waals surface area contributed by atoms with Crippen LogP contribution in [0, 0.1) is 0 Å². The van der Waals surface area contributed by atoms with Crippen molar-refractivity contribution in [1.29, 1.82) is 0 Å². The zero-order chi connectivity index (χ0) is 10.4. The number of rotatable bonds is 0. The first-order valence-electron chi connectivity index (χ1n) is 5.56. The fourth-order valence-electron chi connectivity index (χ4n) is 2.78. The molecule has 2 saturated heterocycles. The van der Waals surface area contributed by atoms with Crippen LogP contribution in [0.25, 0.3) is 0 Å². The molecule has 2 heterocycles. The van der Waals surface area contributed by atoms with Crippen molar-refractivity contribution in [3.05, 3.63) is 0 Å². The second kappa shape index (κ2) is 3.09. The molecule has 2 N–H and O–H groups in total. The Bertz CT molecular complexity index is 276. The van der Waals surface area contributed by atoms with Gasteiger partial charge in [0.1, 0.15) is 0 Å². The Morgan fingerprint density at radius 1 is 1.07 bits per heavy atom. The smallest absolute Gasteiger partial charge is 0.315 e. The normalized spacial score (nSPS) is 31.9. The van der Waals surface area contributed by atoms with Gasteiger partial charge in [-0.25, -0.2) is 4.79 Å². The van der Waals surface area contributed by atoms with Crippen LogP contribution in [-0.4, -0.2) is 37.1 Å². The Kier molecular flexibility index (Phi) is 1.94. The highest BCUT2D eigenvalue weighted by molar-refractivity contribution is 5.77. The SMILES string of the molecule is O=C1NCC2(CCC3(CC2)OCCO3)N1. The van der Waals surface area contributed by atoms with Gasteiger partial charge in [-0.15, -0.1) is 0 Å². The minimum Gasteiger partial charge on any atom is -0.348 e. The first kappa shape index (κ1) is 9.42. The Hall–Kier alpha value is -0.810. The average Bonchev–Trinajstić information content (AvgIpc) is 2.81. The monoisotopic (exact) mass is 212 g/mol. The van der Waals surface area contributed by atoms with Crippen molar-refractivity contribution in [1.82, 2.24) is 10.6 Å². The number of ether oxygens (including phenoxy) is 2. The Labute approximate surface area is 88.5 Å². The summed E-state index contributed by atoms with van der Waals surface area (Å²) in [4.78, 5) is 11.1. The molecule has 0 unspecified atom stereocenters. The fraction of sp³-hybridized carbons (Fsp3) is 0.900. The molecule has 3 fully saturated rings. The summed E-state index contributed by atoms with van der Waals surface area (Å²) >= 11 is 0. The minimum atomic E-state index is -0.335. The maximum absolute atomic E-state index is 11.1. The molecule has 0 aromatic rings. The summed E-state index contributed by atoms with van der Waals surface area (Å²) in [5.74, 6) is -0.335. The van der Waals surface area contributed by atoms with Gasteiger partial charge >= 0.3 is 6.03 Å². The van der Waals surface area contributed by atoms with Crippen LogP contribution in [-0.2, 0) is 9.47 Å². The standard InChI is InChI=1S/C10H16N2O3/c13-8-11-7-9(12-8)1-3-10(4-2-9)14-5-6-15-10/h1-7H2,(H2,11,12,13). The highest BCUT2D eigenvalue weighted by Crippen LogP contribution is 2.40. The van der Waals surface area contributed by atoms with E-state index in [1.165, 1.54) is 0 Å². The van der Waals surface area contributed by atoms with Gasteiger partial charge in [-0.1, -0.05) is 0 Å². The molecule has 2 aliphatic heterocycles. The molecule has 84 valence electrons. The number of carbonyl (C=O) groups excluding carboxylic acids is 1. The second-order valence-electron chi connectivity index (χ2n) is 4.70. The van der Waals surface area contributed by atoms with E-state index < -0.39 is 0 Å². The van der Waals surface area contributed by atoms with E-state index in [0.29, 0.717) is 13.2 Å². The molecule has 1 aliphatic carbocycles. The van der Waals surface area contributed by atoms with Crippen molar-refractivity contribution in [3.63, 3.8) is 0 Å². The largest absolute Gasteiger partial charge is 0.348 e. The minimum absolute atomic E-state index is 0.0424. The lowest BCUT2D eigenvalue weighted by Gasteiger charge is -2.40. The Balaban J connectivity index is 1.67. The predicted octanol–water partition coefficient (Wildman–Crippen LogP) is 0.355. The van der Waals surface area contributed by atoms with E-state index in [2.05, 4.69) is 10.6 Å². The summed E-state index contributed by atoms with van der Waals surface area (Å²) in [7, 11) is 0. The van der Waals surface area contributed by atoms with E-state index in [1.54, 1.807) is 0 Å². The molecule has 0 radical (unpaired) electrons. The van der Waals surface area contributed by atoms with Crippen LogP contribution in [0.5, 0.6) is 0 Å². The van der Waals surface area contributed by atoms with Crippen LogP contribution in [0.2, 0.25) is 0 Å². The van der Waals surface area contributed by atoms with E-state index >= 15 is 0 Å². The lowest BCUT2D eigenvalue weighted by molar-refractivity contribution is -0.184. The van der Waals surface area contributed by atoms with Crippen LogP contribution in [0.3, 0.4) is 0 Å². The van der Waals surface area contributed by atoms with Gasteiger partial charge in [0.05, 0.1) is 18.8 Å². The molecule has 0 aromatic heterocycles. The molecule has 3 aliphatic rings. The number of amides is 2.